The highest BCUT2D eigenvalue weighted by Gasteiger charge is 2.39. The third-order valence-corrected chi connectivity index (χ3v) is 4.26. The summed E-state index contributed by atoms with van der Waals surface area (Å²) in [7, 11) is 4.17. The zero-order valence-corrected chi connectivity index (χ0v) is 11.8. The molecule has 1 amide bonds. The van der Waals surface area contributed by atoms with Crippen LogP contribution in [-0.4, -0.2) is 37.0 Å². The van der Waals surface area contributed by atoms with Crippen molar-refractivity contribution >= 4 is 5.91 Å². The summed E-state index contributed by atoms with van der Waals surface area (Å²) in [5, 5.41) is 3.05. The Balaban J connectivity index is 1.93. The van der Waals surface area contributed by atoms with Crippen LogP contribution in [-0.2, 0) is 6.54 Å². The average molecular weight is 261 g/mol. The molecule has 0 unspecified atom stereocenters. The molecule has 2 rings (SSSR count). The Kier molecular flexibility index (Phi) is 4.22. The number of carbonyl (C=O) groups excluding carboxylic acids is 1. The van der Waals surface area contributed by atoms with Crippen molar-refractivity contribution in [2.24, 2.45) is 5.73 Å². The first-order valence-electron chi connectivity index (χ1n) is 6.82. The monoisotopic (exact) mass is 261 g/mol. The summed E-state index contributed by atoms with van der Waals surface area (Å²) in [6.45, 7) is 1.23. The molecule has 3 N–H and O–H groups in total. The van der Waals surface area contributed by atoms with Crippen LogP contribution >= 0.6 is 0 Å². The van der Waals surface area contributed by atoms with Gasteiger partial charge in [0.25, 0.3) is 5.91 Å². The lowest BCUT2D eigenvalue weighted by atomic mass is 9.75. The van der Waals surface area contributed by atoms with Crippen LogP contribution in [0.15, 0.2) is 24.3 Å². The summed E-state index contributed by atoms with van der Waals surface area (Å²) in [4.78, 5) is 14.3. The van der Waals surface area contributed by atoms with Gasteiger partial charge in [-0.05, 0) is 51.1 Å². The molecule has 4 nitrogen and oxygen atoms in total. The first-order valence-corrected chi connectivity index (χ1v) is 6.82. The summed E-state index contributed by atoms with van der Waals surface area (Å²) in [6.07, 6.45) is 3.57. The Bertz CT molecular complexity index is 435. The maximum Gasteiger partial charge on any atom is 0.251 e. The summed E-state index contributed by atoms with van der Waals surface area (Å²) in [5.74, 6) is -0.00306. The zero-order chi connectivity index (χ0) is 13.9. The van der Waals surface area contributed by atoms with Crippen LogP contribution < -0.4 is 11.1 Å². The molecule has 0 heterocycles. The van der Waals surface area contributed by atoms with Crippen LogP contribution in [0.3, 0.4) is 0 Å². The van der Waals surface area contributed by atoms with Gasteiger partial charge < -0.3 is 16.0 Å². The topological polar surface area (TPSA) is 58.4 Å². The molecular formula is C15H23N3O. The quantitative estimate of drug-likeness (QED) is 0.841. The maximum atomic E-state index is 12.1. The van der Waals surface area contributed by atoms with Crippen molar-refractivity contribution in [1.29, 1.82) is 0 Å². The highest BCUT2D eigenvalue weighted by molar-refractivity contribution is 5.94. The highest BCUT2D eigenvalue weighted by Crippen LogP contribution is 2.35. The van der Waals surface area contributed by atoms with Gasteiger partial charge in [-0.15, -0.1) is 0 Å². The highest BCUT2D eigenvalue weighted by atomic mass is 16.1. The third-order valence-electron chi connectivity index (χ3n) is 4.26. The first kappa shape index (κ1) is 14.0. The zero-order valence-electron chi connectivity index (χ0n) is 11.8. The fraction of sp³-hybridized carbons (Fsp3) is 0.533. The minimum atomic E-state index is -0.00306. The van der Waals surface area contributed by atoms with Gasteiger partial charge in [0, 0.05) is 24.2 Å². The number of rotatable bonds is 5. The van der Waals surface area contributed by atoms with Gasteiger partial charge in [0.2, 0.25) is 0 Å². The van der Waals surface area contributed by atoms with Crippen molar-refractivity contribution < 1.29 is 4.79 Å². The molecule has 104 valence electrons. The van der Waals surface area contributed by atoms with E-state index in [9.17, 15) is 4.79 Å². The van der Waals surface area contributed by atoms with E-state index in [4.69, 9.17) is 5.73 Å². The number of hydrogen-bond acceptors (Lipinski definition) is 3. The summed E-state index contributed by atoms with van der Waals surface area (Å²) >= 11 is 0. The van der Waals surface area contributed by atoms with E-state index in [0.717, 1.165) is 24.9 Å². The molecule has 0 aliphatic heterocycles. The van der Waals surface area contributed by atoms with Crippen LogP contribution in [0.4, 0.5) is 0 Å². The maximum absolute atomic E-state index is 12.1. The van der Waals surface area contributed by atoms with Gasteiger partial charge in [0.15, 0.2) is 0 Å². The molecule has 1 aromatic rings. The number of amides is 1. The minimum absolute atomic E-state index is 0.00306. The van der Waals surface area contributed by atoms with Crippen molar-refractivity contribution in [3.63, 3.8) is 0 Å². The molecular weight excluding hydrogens is 238 g/mol. The molecule has 1 aromatic carbocycles. The SMILES string of the molecule is CN(C)C1(CNC(=O)c2ccc(CN)cc2)CCC1. The van der Waals surface area contributed by atoms with Crippen LogP contribution in [0.1, 0.15) is 35.2 Å². The van der Waals surface area contributed by atoms with E-state index >= 15 is 0 Å². The molecule has 0 spiro atoms. The van der Waals surface area contributed by atoms with E-state index in [1.54, 1.807) is 0 Å². The number of nitrogens with two attached hydrogens (primary N) is 1. The Hall–Kier alpha value is -1.39. The predicted octanol–water partition coefficient (Wildman–Crippen LogP) is 1.36. The van der Waals surface area contributed by atoms with Gasteiger partial charge in [-0.1, -0.05) is 12.1 Å². The Morgan fingerprint density at radius 3 is 2.37 bits per heavy atom. The number of hydrogen-bond donors (Lipinski definition) is 2. The Labute approximate surface area is 115 Å². The summed E-state index contributed by atoms with van der Waals surface area (Å²) < 4.78 is 0. The first-order chi connectivity index (χ1) is 9.07. The molecule has 0 radical (unpaired) electrons. The van der Waals surface area contributed by atoms with E-state index in [0.29, 0.717) is 12.1 Å². The second-order valence-electron chi connectivity index (χ2n) is 5.56. The Morgan fingerprint density at radius 1 is 1.32 bits per heavy atom. The number of nitrogens with one attached hydrogen (secondary N) is 1. The minimum Gasteiger partial charge on any atom is -0.350 e. The molecule has 19 heavy (non-hydrogen) atoms. The molecule has 4 heteroatoms. The number of carbonyl (C=O) groups is 1. The molecule has 0 bridgehead atoms. The normalized spacial score (nSPS) is 17.1. The van der Waals surface area contributed by atoms with Gasteiger partial charge in [-0.25, -0.2) is 0 Å². The number of likely N-dealkylation sites (N-methyl/N-ethyl adjacent to an activating group) is 1. The van der Waals surface area contributed by atoms with Gasteiger partial charge >= 0.3 is 0 Å². The molecule has 1 saturated carbocycles. The van der Waals surface area contributed by atoms with Crippen LogP contribution in [0, 0.1) is 0 Å². The second kappa shape index (κ2) is 5.72. The lowest BCUT2D eigenvalue weighted by Crippen LogP contribution is -2.57. The lowest BCUT2D eigenvalue weighted by molar-refractivity contribution is 0.0557. The summed E-state index contributed by atoms with van der Waals surface area (Å²) in [6, 6.07) is 7.47. The van der Waals surface area contributed by atoms with Crippen molar-refractivity contribution in [2.45, 2.75) is 31.3 Å². The van der Waals surface area contributed by atoms with E-state index in [2.05, 4.69) is 24.3 Å². The summed E-state index contributed by atoms with van der Waals surface area (Å²) in [5.41, 5.74) is 7.45. The van der Waals surface area contributed by atoms with E-state index in [1.807, 2.05) is 24.3 Å². The molecule has 0 saturated heterocycles. The second-order valence-corrected chi connectivity index (χ2v) is 5.56. The molecule has 0 atom stereocenters. The number of nitrogens with zero attached hydrogens (tertiary/aromatic N) is 1. The van der Waals surface area contributed by atoms with Gasteiger partial charge in [-0.3, -0.25) is 4.79 Å². The molecule has 1 fully saturated rings. The average Bonchev–Trinajstić information content (AvgIpc) is 2.37. The molecule has 0 aromatic heterocycles. The predicted molar refractivity (Wildman–Crippen MR) is 76.9 cm³/mol. The van der Waals surface area contributed by atoms with Crippen LogP contribution in [0.5, 0.6) is 0 Å². The van der Waals surface area contributed by atoms with Crippen molar-refractivity contribution in [2.75, 3.05) is 20.6 Å². The third kappa shape index (κ3) is 2.96. The Morgan fingerprint density at radius 2 is 1.95 bits per heavy atom. The standard InChI is InChI=1S/C15H23N3O/c1-18(2)15(8-3-9-15)11-17-14(19)13-6-4-12(10-16)5-7-13/h4-7H,3,8-11,16H2,1-2H3,(H,17,19). The lowest BCUT2D eigenvalue weighted by Gasteiger charge is -2.47. The van der Waals surface area contributed by atoms with E-state index in [1.165, 1.54) is 6.42 Å². The van der Waals surface area contributed by atoms with Crippen molar-refractivity contribution in [3.05, 3.63) is 35.4 Å². The fourth-order valence-electron chi connectivity index (χ4n) is 2.51. The molecule has 1 aliphatic carbocycles. The van der Waals surface area contributed by atoms with Gasteiger partial charge in [-0.2, -0.15) is 0 Å². The fourth-order valence-corrected chi connectivity index (χ4v) is 2.51. The van der Waals surface area contributed by atoms with Crippen molar-refractivity contribution in [1.82, 2.24) is 10.2 Å². The van der Waals surface area contributed by atoms with E-state index < -0.39 is 0 Å². The van der Waals surface area contributed by atoms with Crippen molar-refractivity contribution in [3.8, 4) is 0 Å². The van der Waals surface area contributed by atoms with Gasteiger partial charge in [0.05, 0.1) is 0 Å². The smallest absolute Gasteiger partial charge is 0.251 e. The molecule has 1 aliphatic rings. The van der Waals surface area contributed by atoms with E-state index in [-0.39, 0.29) is 11.4 Å². The number of benzene rings is 1. The van der Waals surface area contributed by atoms with Gasteiger partial charge in [0.1, 0.15) is 0 Å². The largest absolute Gasteiger partial charge is 0.350 e. The van der Waals surface area contributed by atoms with Crippen LogP contribution in [0.2, 0.25) is 0 Å². The van der Waals surface area contributed by atoms with Crippen LogP contribution in [0.25, 0.3) is 0 Å².